The number of nitrogens with zero attached hydrogens (tertiary/aromatic N) is 6. The fourth-order valence-electron chi connectivity index (χ4n) is 4.85. The van der Waals surface area contributed by atoms with Crippen LogP contribution in [0.5, 0.6) is 0 Å². The van der Waals surface area contributed by atoms with E-state index in [1.165, 1.54) is 6.42 Å². The largest absolute Gasteiger partial charge is 0.378 e. The van der Waals surface area contributed by atoms with Gasteiger partial charge >= 0.3 is 0 Å². The van der Waals surface area contributed by atoms with Crippen LogP contribution in [-0.2, 0) is 4.74 Å². The van der Waals surface area contributed by atoms with Crippen LogP contribution < -0.4 is 10.2 Å². The first-order chi connectivity index (χ1) is 15.9. The predicted octanol–water partition coefficient (Wildman–Crippen LogP) is 1.55. The summed E-state index contributed by atoms with van der Waals surface area (Å²) in [7, 11) is 7.94. The zero-order chi connectivity index (χ0) is 23.5. The Bertz CT molecular complexity index is 897. The van der Waals surface area contributed by atoms with Gasteiger partial charge in [-0.25, -0.2) is 4.98 Å². The number of nitrogens with one attached hydrogen (secondary N) is 1. The van der Waals surface area contributed by atoms with E-state index in [0.29, 0.717) is 18.2 Å². The van der Waals surface area contributed by atoms with Gasteiger partial charge in [0.05, 0.1) is 17.7 Å². The van der Waals surface area contributed by atoms with E-state index in [4.69, 9.17) is 9.72 Å². The SMILES string of the molecule is C/C=C\N1N=CC(c2cc(C(=O)NC[C@@H]3CCCN3C)cc(N3CC(OC)C3)n2)C1N(C)C. The number of likely N-dealkylation sites (tertiary alicyclic amines) is 1. The van der Waals surface area contributed by atoms with Crippen LogP contribution in [-0.4, -0.2) is 105 Å². The van der Waals surface area contributed by atoms with Crippen molar-refractivity contribution in [2.24, 2.45) is 5.10 Å². The quantitative estimate of drug-likeness (QED) is 0.637. The molecule has 0 aromatic carbocycles. The minimum Gasteiger partial charge on any atom is -0.378 e. The average Bonchev–Trinajstić information content (AvgIpc) is 3.37. The Balaban J connectivity index is 1.59. The standard InChI is InChI=1S/C24H37N7O2/c1-6-9-31-24(28(2)3)20(14-26-31)21-11-17(12-22(27-21)30-15-19(16-30)33-5)23(32)25-13-18-8-7-10-29(18)4/h6,9,11-12,14,18-20,24H,7-8,10,13,15-16H2,1-5H3,(H,25,32)/b9-6-/t18-,20?,24?/m0/s1. The van der Waals surface area contributed by atoms with Crippen LogP contribution in [0.3, 0.4) is 0 Å². The molecule has 0 spiro atoms. The Morgan fingerprint density at radius 2 is 2.12 bits per heavy atom. The van der Waals surface area contributed by atoms with Gasteiger partial charge in [-0.1, -0.05) is 6.08 Å². The van der Waals surface area contributed by atoms with Gasteiger partial charge in [-0.3, -0.25) is 14.7 Å². The third-order valence-corrected chi connectivity index (χ3v) is 6.89. The topological polar surface area (TPSA) is 76.5 Å². The average molecular weight is 456 g/mol. The predicted molar refractivity (Wildman–Crippen MR) is 131 cm³/mol. The minimum absolute atomic E-state index is 0.00452. The summed E-state index contributed by atoms with van der Waals surface area (Å²) in [5, 5.41) is 9.69. The van der Waals surface area contributed by atoms with Crippen LogP contribution in [0.15, 0.2) is 29.5 Å². The van der Waals surface area contributed by atoms with Crippen molar-refractivity contribution in [2.75, 3.05) is 59.3 Å². The summed E-state index contributed by atoms with van der Waals surface area (Å²) in [6, 6.07) is 4.24. The molecule has 9 nitrogen and oxygen atoms in total. The number of pyridine rings is 1. The van der Waals surface area contributed by atoms with Gasteiger partial charge in [0.15, 0.2) is 0 Å². The molecule has 2 unspecified atom stereocenters. The molecule has 2 fully saturated rings. The Kier molecular flexibility index (Phi) is 7.31. The van der Waals surface area contributed by atoms with E-state index in [-0.39, 0.29) is 24.1 Å². The first-order valence-electron chi connectivity index (χ1n) is 11.8. The maximum atomic E-state index is 13.2. The summed E-state index contributed by atoms with van der Waals surface area (Å²) in [5.41, 5.74) is 1.50. The maximum Gasteiger partial charge on any atom is 0.251 e. The molecular formula is C24H37N7O2. The molecule has 2 saturated heterocycles. The first kappa shape index (κ1) is 23.7. The van der Waals surface area contributed by atoms with Crippen LogP contribution in [0.25, 0.3) is 0 Å². The highest BCUT2D eigenvalue weighted by molar-refractivity contribution is 5.95. The second kappa shape index (κ2) is 10.2. The number of amides is 1. The molecule has 3 atom stereocenters. The fourth-order valence-corrected chi connectivity index (χ4v) is 4.85. The summed E-state index contributed by atoms with van der Waals surface area (Å²) in [4.78, 5) is 24.8. The second-order valence-corrected chi connectivity index (χ2v) is 9.42. The molecule has 4 heterocycles. The fraction of sp³-hybridized carbons (Fsp3) is 0.625. The molecule has 1 amide bonds. The van der Waals surface area contributed by atoms with Gasteiger partial charge in [0.1, 0.15) is 12.0 Å². The molecule has 0 aliphatic carbocycles. The van der Waals surface area contributed by atoms with Gasteiger partial charge in [0, 0.05) is 50.8 Å². The zero-order valence-electron chi connectivity index (χ0n) is 20.4. The van der Waals surface area contributed by atoms with E-state index >= 15 is 0 Å². The van der Waals surface area contributed by atoms with Crippen LogP contribution in [0.2, 0.25) is 0 Å². The second-order valence-electron chi connectivity index (χ2n) is 9.42. The van der Waals surface area contributed by atoms with Crippen molar-refractivity contribution >= 4 is 17.9 Å². The Hall–Kier alpha value is -2.49. The number of likely N-dealkylation sites (N-methyl/N-ethyl adjacent to an activating group) is 2. The molecular weight excluding hydrogens is 418 g/mol. The lowest BCUT2D eigenvalue weighted by Gasteiger charge is -2.39. The minimum atomic E-state index is -0.0526. The molecule has 3 aliphatic heterocycles. The zero-order valence-corrected chi connectivity index (χ0v) is 20.4. The molecule has 0 saturated carbocycles. The van der Waals surface area contributed by atoms with Crippen molar-refractivity contribution < 1.29 is 9.53 Å². The Labute approximate surface area is 197 Å². The molecule has 0 bridgehead atoms. The molecule has 180 valence electrons. The number of hydrazone groups is 1. The van der Waals surface area contributed by atoms with Crippen molar-refractivity contribution in [3.8, 4) is 0 Å². The molecule has 0 radical (unpaired) electrons. The van der Waals surface area contributed by atoms with Gasteiger partial charge < -0.3 is 19.9 Å². The van der Waals surface area contributed by atoms with E-state index < -0.39 is 0 Å². The molecule has 1 aromatic rings. The van der Waals surface area contributed by atoms with Crippen LogP contribution in [0.1, 0.15) is 41.7 Å². The van der Waals surface area contributed by atoms with E-state index in [1.54, 1.807) is 7.11 Å². The number of anilines is 1. The highest BCUT2D eigenvalue weighted by atomic mass is 16.5. The van der Waals surface area contributed by atoms with Gasteiger partial charge in [-0.05, 0) is 59.6 Å². The molecule has 33 heavy (non-hydrogen) atoms. The van der Waals surface area contributed by atoms with Crippen molar-refractivity contribution in [3.05, 3.63) is 35.7 Å². The van der Waals surface area contributed by atoms with Crippen molar-refractivity contribution in [1.82, 2.24) is 25.1 Å². The summed E-state index contributed by atoms with van der Waals surface area (Å²) in [6.45, 7) is 5.30. The molecule has 1 aromatic heterocycles. The van der Waals surface area contributed by atoms with E-state index in [2.05, 4.69) is 32.2 Å². The van der Waals surface area contributed by atoms with E-state index in [9.17, 15) is 4.79 Å². The number of aromatic nitrogens is 1. The summed E-state index contributed by atoms with van der Waals surface area (Å²) < 4.78 is 5.45. The van der Waals surface area contributed by atoms with Crippen LogP contribution >= 0.6 is 0 Å². The number of carbonyl (C=O) groups excluding carboxylic acids is 1. The van der Waals surface area contributed by atoms with Gasteiger partial charge in [-0.2, -0.15) is 5.10 Å². The smallest absolute Gasteiger partial charge is 0.251 e. The number of ether oxygens (including phenoxy) is 1. The third-order valence-electron chi connectivity index (χ3n) is 6.89. The monoisotopic (exact) mass is 455 g/mol. The van der Waals surface area contributed by atoms with Crippen molar-refractivity contribution in [3.63, 3.8) is 0 Å². The van der Waals surface area contributed by atoms with Gasteiger partial charge in [-0.15, -0.1) is 0 Å². The summed E-state index contributed by atoms with van der Waals surface area (Å²) in [5.74, 6) is 0.716. The molecule has 4 rings (SSSR count). The van der Waals surface area contributed by atoms with Crippen molar-refractivity contribution in [1.29, 1.82) is 0 Å². The molecule has 1 N–H and O–H groups in total. The van der Waals surface area contributed by atoms with Crippen LogP contribution in [0.4, 0.5) is 5.82 Å². The summed E-state index contributed by atoms with van der Waals surface area (Å²) in [6.07, 6.45) is 8.39. The van der Waals surface area contributed by atoms with Gasteiger partial charge in [0.25, 0.3) is 5.91 Å². The lowest BCUT2D eigenvalue weighted by Crippen LogP contribution is -2.52. The number of hydrogen-bond acceptors (Lipinski definition) is 8. The van der Waals surface area contributed by atoms with Gasteiger partial charge in [0.2, 0.25) is 0 Å². The van der Waals surface area contributed by atoms with Crippen molar-refractivity contribution in [2.45, 2.75) is 44.0 Å². The Morgan fingerprint density at radius 3 is 2.76 bits per heavy atom. The third kappa shape index (κ3) is 5.05. The number of carbonyl (C=O) groups is 1. The number of hydrogen-bond donors (Lipinski definition) is 1. The first-order valence-corrected chi connectivity index (χ1v) is 11.8. The molecule has 9 heteroatoms. The summed E-state index contributed by atoms with van der Waals surface area (Å²) >= 11 is 0. The maximum absolute atomic E-state index is 13.2. The number of allylic oxidation sites excluding steroid dienone is 1. The van der Waals surface area contributed by atoms with E-state index in [1.807, 2.05) is 56.7 Å². The molecule has 3 aliphatic rings. The Morgan fingerprint density at radius 1 is 1.33 bits per heavy atom. The normalized spacial score (nSPS) is 26.1. The lowest BCUT2D eigenvalue weighted by atomic mass is 10.00. The van der Waals surface area contributed by atoms with Crippen LogP contribution in [0, 0.1) is 0 Å². The highest BCUT2D eigenvalue weighted by Crippen LogP contribution is 2.31. The van der Waals surface area contributed by atoms with E-state index in [0.717, 1.165) is 37.6 Å². The number of rotatable bonds is 8. The highest BCUT2D eigenvalue weighted by Gasteiger charge is 2.36. The lowest BCUT2D eigenvalue weighted by molar-refractivity contribution is 0.0782. The number of methoxy groups -OCH3 is 1.